The van der Waals surface area contributed by atoms with E-state index in [4.69, 9.17) is 0 Å². The van der Waals surface area contributed by atoms with Gasteiger partial charge >= 0.3 is 0 Å². The Morgan fingerprint density at radius 2 is 1.30 bits per heavy atom. The lowest BCUT2D eigenvalue weighted by Gasteiger charge is -2.05. The van der Waals surface area contributed by atoms with Crippen LogP contribution in [0.15, 0.2) is 23.8 Å². The van der Waals surface area contributed by atoms with E-state index in [1.54, 1.807) is 5.57 Å². The van der Waals surface area contributed by atoms with Crippen LogP contribution in [0.25, 0.3) is 0 Å². The lowest BCUT2D eigenvalue weighted by Crippen LogP contribution is -1.96. The number of allylic oxidation sites excluding steroid dienone is 4. The number of rotatable bonds is 0. The minimum atomic E-state index is 0.829. The van der Waals surface area contributed by atoms with Crippen LogP contribution in [0.1, 0.15) is 81.1 Å². The summed E-state index contributed by atoms with van der Waals surface area (Å²) in [4.78, 5) is 0. The Morgan fingerprint density at radius 3 is 1.43 bits per heavy atom. The molecular formula is C23H42. The highest BCUT2D eigenvalue weighted by atomic mass is 14.3. The third-order valence-electron chi connectivity index (χ3n) is 6.45. The van der Waals surface area contributed by atoms with Crippen molar-refractivity contribution in [3.8, 4) is 0 Å². The van der Waals surface area contributed by atoms with Crippen molar-refractivity contribution in [2.45, 2.75) is 81.1 Å². The zero-order valence-corrected chi connectivity index (χ0v) is 17.1. The first-order valence-electron chi connectivity index (χ1n) is 10.0. The van der Waals surface area contributed by atoms with E-state index < -0.39 is 0 Å². The topological polar surface area (TPSA) is 0 Å². The van der Waals surface area contributed by atoms with Crippen LogP contribution in [0.5, 0.6) is 0 Å². The van der Waals surface area contributed by atoms with Gasteiger partial charge in [0.15, 0.2) is 0 Å². The molecule has 0 radical (unpaired) electrons. The van der Waals surface area contributed by atoms with E-state index in [1.807, 2.05) is 0 Å². The van der Waals surface area contributed by atoms with Gasteiger partial charge in [0.1, 0.15) is 0 Å². The predicted molar refractivity (Wildman–Crippen MR) is 106 cm³/mol. The predicted octanol–water partition coefficient (Wildman–Crippen LogP) is 7.52. The van der Waals surface area contributed by atoms with Crippen molar-refractivity contribution in [3.05, 3.63) is 23.8 Å². The lowest BCUT2D eigenvalue weighted by atomic mass is 10.0. The van der Waals surface area contributed by atoms with Crippen LogP contribution in [0.4, 0.5) is 0 Å². The molecule has 0 aromatic carbocycles. The Kier molecular flexibility index (Phi) is 8.65. The maximum absolute atomic E-state index is 2.38. The van der Waals surface area contributed by atoms with Crippen molar-refractivity contribution in [2.24, 2.45) is 41.4 Å². The first-order chi connectivity index (χ1) is 10.7. The summed E-state index contributed by atoms with van der Waals surface area (Å²) < 4.78 is 0. The van der Waals surface area contributed by atoms with Crippen LogP contribution in [0.2, 0.25) is 0 Å². The summed E-state index contributed by atoms with van der Waals surface area (Å²) >= 11 is 0. The molecule has 3 rings (SSSR count). The molecule has 0 nitrogen and oxygen atoms in total. The van der Waals surface area contributed by atoms with Crippen LogP contribution in [0.3, 0.4) is 0 Å². The van der Waals surface area contributed by atoms with Gasteiger partial charge in [-0.25, -0.2) is 0 Å². The molecule has 1 saturated carbocycles. The lowest BCUT2D eigenvalue weighted by molar-refractivity contribution is 0.457. The number of hydrogen-bond acceptors (Lipinski definition) is 0. The Labute approximate surface area is 146 Å². The van der Waals surface area contributed by atoms with Crippen molar-refractivity contribution < 1.29 is 0 Å². The fourth-order valence-corrected chi connectivity index (χ4v) is 4.12. The zero-order valence-electron chi connectivity index (χ0n) is 17.1. The minimum absolute atomic E-state index is 0.829. The fraction of sp³-hybridized carbons (Fsp3) is 0.826. The quantitative estimate of drug-likeness (QED) is 0.405. The van der Waals surface area contributed by atoms with E-state index >= 15 is 0 Å². The van der Waals surface area contributed by atoms with Gasteiger partial charge in [0.25, 0.3) is 0 Å². The molecule has 6 atom stereocenters. The second kappa shape index (κ2) is 9.70. The molecule has 3 aliphatic carbocycles. The van der Waals surface area contributed by atoms with Crippen molar-refractivity contribution in [1.82, 2.24) is 0 Å². The molecule has 0 bridgehead atoms. The van der Waals surface area contributed by atoms with Gasteiger partial charge in [-0.2, -0.15) is 0 Å². The monoisotopic (exact) mass is 318 g/mol. The summed E-state index contributed by atoms with van der Waals surface area (Å²) in [5.74, 6) is 6.44. The molecule has 0 N–H and O–H groups in total. The molecule has 134 valence electrons. The molecule has 0 aliphatic heterocycles. The van der Waals surface area contributed by atoms with Crippen LogP contribution >= 0.6 is 0 Å². The standard InChI is InChI=1S/C8H16.C8H14.C7H12/c2*1-6-4-7(2)8(3)5-6;1-6-4-3-5-7(6)2/h6-8H,4-5H2,1-3H3;4,7-8H,5H2,1-3H3;3-4,6-7H,5H2,1-2H3. The average Bonchev–Trinajstić information content (AvgIpc) is 3.05. The van der Waals surface area contributed by atoms with Gasteiger partial charge < -0.3 is 0 Å². The van der Waals surface area contributed by atoms with E-state index in [-0.39, 0.29) is 0 Å². The largest absolute Gasteiger partial charge is 0.0880 e. The zero-order chi connectivity index (χ0) is 17.6. The van der Waals surface area contributed by atoms with Gasteiger partial charge in [0, 0.05) is 0 Å². The van der Waals surface area contributed by atoms with E-state index in [0.717, 1.165) is 41.4 Å². The smallest absolute Gasteiger partial charge is 0.0231 e. The molecule has 0 saturated heterocycles. The van der Waals surface area contributed by atoms with Crippen LogP contribution in [-0.2, 0) is 0 Å². The van der Waals surface area contributed by atoms with E-state index in [0.29, 0.717) is 0 Å². The maximum Gasteiger partial charge on any atom is -0.0231 e. The van der Waals surface area contributed by atoms with Gasteiger partial charge in [-0.1, -0.05) is 72.3 Å². The summed E-state index contributed by atoms with van der Waals surface area (Å²) in [6.07, 6.45) is 12.5. The van der Waals surface area contributed by atoms with Gasteiger partial charge in [-0.3, -0.25) is 0 Å². The molecular weight excluding hydrogens is 276 g/mol. The van der Waals surface area contributed by atoms with Crippen LogP contribution in [-0.4, -0.2) is 0 Å². The van der Waals surface area contributed by atoms with Gasteiger partial charge in [0.2, 0.25) is 0 Å². The second-order valence-corrected chi connectivity index (χ2v) is 9.08. The molecule has 0 aromatic rings. The molecule has 0 heteroatoms. The third-order valence-corrected chi connectivity index (χ3v) is 6.45. The fourth-order valence-electron chi connectivity index (χ4n) is 4.12. The van der Waals surface area contributed by atoms with Crippen molar-refractivity contribution in [2.75, 3.05) is 0 Å². The summed E-state index contributed by atoms with van der Waals surface area (Å²) in [7, 11) is 0. The Morgan fingerprint density at radius 1 is 0.739 bits per heavy atom. The summed E-state index contributed by atoms with van der Waals surface area (Å²) in [5.41, 5.74) is 1.57. The van der Waals surface area contributed by atoms with E-state index in [2.05, 4.69) is 73.6 Å². The molecule has 0 amide bonds. The summed E-state index contributed by atoms with van der Waals surface area (Å²) in [6, 6.07) is 0. The third kappa shape index (κ3) is 7.27. The van der Waals surface area contributed by atoms with Crippen molar-refractivity contribution >= 4 is 0 Å². The maximum atomic E-state index is 2.38. The first-order valence-corrected chi connectivity index (χ1v) is 10.0. The molecule has 1 fully saturated rings. The SMILES string of the molecule is CC1=CC(C)C(C)C1.CC1C=CCC1C.CC1CC(C)C(C)C1. The average molecular weight is 319 g/mol. The molecule has 0 heterocycles. The van der Waals surface area contributed by atoms with Crippen molar-refractivity contribution in [1.29, 1.82) is 0 Å². The Hall–Kier alpha value is -0.520. The molecule has 6 unspecified atom stereocenters. The van der Waals surface area contributed by atoms with Gasteiger partial charge in [0.05, 0.1) is 0 Å². The van der Waals surface area contributed by atoms with E-state index in [1.165, 1.54) is 25.7 Å². The molecule has 3 aliphatic rings. The number of hydrogen-bond donors (Lipinski definition) is 0. The van der Waals surface area contributed by atoms with Crippen molar-refractivity contribution in [3.63, 3.8) is 0 Å². The highest BCUT2D eigenvalue weighted by Gasteiger charge is 2.24. The molecule has 0 spiro atoms. The Balaban J connectivity index is 0.000000173. The minimum Gasteiger partial charge on any atom is -0.0880 e. The highest BCUT2D eigenvalue weighted by Crippen LogP contribution is 2.34. The second-order valence-electron chi connectivity index (χ2n) is 9.08. The first kappa shape index (κ1) is 20.5. The highest BCUT2D eigenvalue weighted by molar-refractivity contribution is 5.09. The summed E-state index contributed by atoms with van der Waals surface area (Å²) in [6.45, 7) is 18.5. The summed E-state index contributed by atoms with van der Waals surface area (Å²) in [5, 5.41) is 0. The van der Waals surface area contributed by atoms with Crippen LogP contribution in [0, 0.1) is 41.4 Å². The molecule has 23 heavy (non-hydrogen) atoms. The van der Waals surface area contributed by atoms with Crippen LogP contribution < -0.4 is 0 Å². The van der Waals surface area contributed by atoms with E-state index in [9.17, 15) is 0 Å². The normalized spacial score (nSPS) is 41.7. The van der Waals surface area contributed by atoms with Gasteiger partial charge in [-0.15, -0.1) is 0 Å². The van der Waals surface area contributed by atoms with Gasteiger partial charge in [-0.05, 0) is 74.0 Å². The Bertz CT molecular complexity index is 379. The molecule has 0 aromatic heterocycles.